The first-order chi connectivity index (χ1) is 11.9. The number of aliphatic hydroxyl groups excluding tert-OH is 1. The molecule has 0 aliphatic rings. The Labute approximate surface area is 147 Å². The largest absolute Gasteiger partial charge is 0.508 e. The molecule has 25 heavy (non-hydrogen) atoms. The van der Waals surface area contributed by atoms with Crippen LogP contribution >= 0.6 is 0 Å². The highest BCUT2D eigenvalue weighted by Crippen LogP contribution is 2.30. The second-order valence-electron chi connectivity index (χ2n) is 6.08. The Morgan fingerprint density at radius 1 is 1.20 bits per heavy atom. The Kier molecular flexibility index (Phi) is 6.38. The molecule has 1 unspecified atom stereocenters. The summed E-state index contributed by atoms with van der Waals surface area (Å²) in [7, 11) is 0. The van der Waals surface area contributed by atoms with Gasteiger partial charge in [0.15, 0.2) is 0 Å². The van der Waals surface area contributed by atoms with Crippen LogP contribution in [-0.2, 0) is 11.2 Å². The highest BCUT2D eigenvalue weighted by atomic mass is 16.5. The monoisotopic (exact) mass is 344 g/mol. The van der Waals surface area contributed by atoms with Gasteiger partial charge in [-0.25, -0.2) is 0 Å². The lowest BCUT2D eigenvalue weighted by atomic mass is 10.0. The van der Waals surface area contributed by atoms with E-state index in [-0.39, 0.29) is 11.8 Å². The molecule has 0 heterocycles. The Balaban J connectivity index is 2.06. The predicted molar refractivity (Wildman–Crippen MR) is 95.9 cm³/mol. The zero-order valence-electron chi connectivity index (χ0n) is 14.5. The van der Waals surface area contributed by atoms with Gasteiger partial charge in [-0.1, -0.05) is 12.1 Å². The number of aliphatic hydroxyl groups is 1. The number of benzene rings is 2. The molecule has 0 bridgehead atoms. The van der Waals surface area contributed by atoms with E-state index >= 15 is 0 Å². The normalized spacial score (nSPS) is 11.8. The third-order valence-electron chi connectivity index (χ3n) is 3.78. The molecule has 5 N–H and O–H groups in total. The number of carbonyl (C=O) groups excluding carboxylic acids is 1. The lowest BCUT2D eigenvalue weighted by Crippen LogP contribution is -2.39. The third kappa shape index (κ3) is 5.48. The van der Waals surface area contributed by atoms with Gasteiger partial charge in [0.2, 0.25) is 5.91 Å². The zero-order chi connectivity index (χ0) is 18.4. The van der Waals surface area contributed by atoms with Crippen molar-refractivity contribution < 1.29 is 19.7 Å². The van der Waals surface area contributed by atoms with Gasteiger partial charge in [-0.15, -0.1) is 0 Å². The molecular formula is C19H24N2O4. The van der Waals surface area contributed by atoms with Crippen LogP contribution < -0.4 is 15.8 Å². The van der Waals surface area contributed by atoms with Crippen LogP contribution in [0.2, 0.25) is 0 Å². The zero-order valence-corrected chi connectivity index (χ0v) is 14.5. The van der Waals surface area contributed by atoms with E-state index in [0.29, 0.717) is 18.7 Å². The van der Waals surface area contributed by atoms with Crippen molar-refractivity contribution in [2.24, 2.45) is 5.73 Å². The Morgan fingerprint density at radius 2 is 1.80 bits per heavy atom. The maximum absolute atomic E-state index is 11.1. The highest BCUT2D eigenvalue weighted by molar-refractivity contribution is 5.76. The third-order valence-corrected chi connectivity index (χ3v) is 3.78. The Morgan fingerprint density at radius 3 is 2.36 bits per heavy atom. The molecule has 0 aromatic heterocycles. The van der Waals surface area contributed by atoms with Gasteiger partial charge in [0.1, 0.15) is 23.9 Å². The molecule has 0 aliphatic heterocycles. The number of rotatable bonds is 7. The summed E-state index contributed by atoms with van der Waals surface area (Å²) in [6.07, 6.45) is 0.604. The van der Waals surface area contributed by atoms with Crippen LogP contribution in [0.15, 0.2) is 36.4 Å². The lowest BCUT2D eigenvalue weighted by Gasteiger charge is -2.16. The van der Waals surface area contributed by atoms with Crippen LogP contribution in [0.3, 0.4) is 0 Å². The van der Waals surface area contributed by atoms with Crippen LogP contribution in [0.25, 0.3) is 0 Å². The minimum atomic E-state index is -0.533. The van der Waals surface area contributed by atoms with Gasteiger partial charge in [-0.3, -0.25) is 4.79 Å². The van der Waals surface area contributed by atoms with Crippen molar-refractivity contribution in [1.29, 1.82) is 0 Å². The highest BCUT2D eigenvalue weighted by Gasteiger charge is 2.11. The van der Waals surface area contributed by atoms with Gasteiger partial charge < -0.3 is 26.0 Å². The van der Waals surface area contributed by atoms with Crippen molar-refractivity contribution >= 4 is 5.91 Å². The standard InChI is InChI=1S/C19H24N2O4/c1-12-7-14(9-15(20)10-21-18(24)11-22)8-13(2)19(12)25-17-5-3-16(23)4-6-17/h3-8,15,22-23H,9-11,20H2,1-2H3,(H,21,24). The summed E-state index contributed by atoms with van der Waals surface area (Å²) in [5.41, 5.74) is 9.05. The molecule has 0 radical (unpaired) electrons. The number of aromatic hydroxyl groups is 1. The number of hydrogen-bond donors (Lipinski definition) is 4. The lowest BCUT2D eigenvalue weighted by molar-refractivity contribution is -0.123. The molecule has 0 saturated carbocycles. The number of nitrogens with one attached hydrogen (secondary N) is 1. The molecule has 1 amide bonds. The van der Waals surface area contributed by atoms with Gasteiger partial charge in [-0.05, 0) is 61.2 Å². The van der Waals surface area contributed by atoms with E-state index < -0.39 is 12.5 Å². The van der Waals surface area contributed by atoms with Crippen molar-refractivity contribution in [2.45, 2.75) is 26.3 Å². The number of phenols is 1. The second-order valence-corrected chi connectivity index (χ2v) is 6.08. The van der Waals surface area contributed by atoms with E-state index in [0.717, 1.165) is 22.4 Å². The number of phenolic OH excluding ortho intramolecular Hbond substituents is 1. The fourth-order valence-corrected chi connectivity index (χ4v) is 2.63. The smallest absolute Gasteiger partial charge is 0.245 e. The number of nitrogens with two attached hydrogens (primary N) is 1. The summed E-state index contributed by atoms with van der Waals surface area (Å²) in [6.45, 7) is 3.70. The number of ether oxygens (including phenoxy) is 1. The van der Waals surface area contributed by atoms with E-state index in [2.05, 4.69) is 5.32 Å². The summed E-state index contributed by atoms with van der Waals surface area (Å²) < 4.78 is 5.92. The van der Waals surface area contributed by atoms with Crippen LogP contribution in [0.1, 0.15) is 16.7 Å². The average Bonchev–Trinajstić information content (AvgIpc) is 2.57. The maximum Gasteiger partial charge on any atom is 0.245 e. The molecule has 6 nitrogen and oxygen atoms in total. The van der Waals surface area contributed by atoms with Crippen molar-refractivity contribution in [3.8, 4) is 17.2 Å². The number of aryl methyl sites for hydroxylation is 2. The van der Waals surface area contributed by atoms with Crippen molar-refractivity contribution in [3.63, 3.8) is 0 Å². The molecule has 0 aliphatic carbocycles. The van der Waals surface area contributed by atoms with Gasteiger partial charge in [-0.2, -0.15) is 0 Å². The molecular weight excluding hydrogens is 320 g/mol. The van der Waals surface area contributed by atoms with Gasteiger partial charge in [0.05, 0.1) is 0 Å². The molecule has 0 spiro atoms. The van der Waals surface area contributed by atoms with E-state index in [4.69, 9.17) is 15.6 Å². The van der Waals surface area contributed by atoms with Gasteiger partial charge in [0.25, 0.3) is 0 Å². The number of amides is 1. The van der Waals surface area contributed by atoms with Crippen LogP contribution in [-0.4, -0.2) is 35.3 Å². The molecule has 1 atom stereocenters. The van der Waals surface area contributed by atoms with E-state index in [1.165, 1.54) is 0 Å². The molecule has 0 saturated heterocycles. The minimum absolute atomic E-state index is 0.193. The van der Waals surface area contributed by atoms with E-state index in [1.54, 1.807) is 24.3 Å². The van der Waals surface area contributed by atoms with E-state index in [1.807, 2.05) is 26.0 Å². The fraction of sp³-hybridized carbons (Fsp3) is 0.316. The number of carbonyl (C=O) groups is 1. The SMILES string of the molecule is Cc1cc(CC(N)CNC(=O)CO)cc(C)c1Oc1ccc(O)cc1. The van der Waals surface area contributed by atoms with Gasteiger partial charge in [0, 0.05) is 12.6 Å². The summed E-state index contributed by atoms with van der Waals surface area (Å²) in [5.74, 6) is 1.19. The van der Waals surface area contributed by atoms with Gasteiger partial charge >= 0.3 is 0 Å². The van der Waals surface area contributed by atoms with Crippen molar-refractivity contribution in [2.75, 3.05) is 13.2 Å². The fourth-order valence-electron chi connectivity index (χ4n) is 2.63. The predicted octanol–water partition coefficient (Wildman–Crippen LogP) is 1.78. The van der Waals surface area contributed by atoms with Crippen LogP contribution in [0.4, 0.5) is 0 Å². The molecule has 2 aromatic carbocycles. The number of hydrogen-bond acceptors (Lipinski definition) is 5. The summed E-state index contributed by atoms with van der Waals surface area (Å²) in [5, 5.41) is 20.6. The quantitative estimate of drug-likeness (QED) is 0.613. The first-order valence-corrected chi connectivity index (χ1v) is 8.09. The minimum Gasteiger partial charge on any atom is -0.508 e. The van der Waals surface area contributed by atoms with Crippen molar-refractivity contribution in [3.05, 3.63) is 53.1 Å². The molecule has 2 rings (SSSR count). The Bertz CT molecular complexity index is 706. The molecule has 134 valence electrons. The average molecular weight is 344 g/mol. The summed E-state index contributed by atoms with van der Waals surface area (Å²) in [4.78, 5) is 11.1. The summed E-state index contributed by atoms with van der Waals surface area (Å²) >= 11 is 0. The Hall–Kier alpha value is -2.57. The second kappa shape index (κ2) is 8.50. The summed E-state index contributed by atoms with van der Waals surface area (Å²) in [6, 6.07) is 10.4. The van der Waals surface area contributed by atoms with Crippen LogP contribution in [0.5, 0.6) is 17.2 Å². The molecule has 0 fully saturated rings. The van der Waals surface area contributed by atoms with Crippen LogP contribution in [0, 0.1) is 13.8 Å². The topological polar surface area (TPSA) is 105 Å². The van der Waals surface area contributed by atoms with Crippen molar-refractivity contribution in [1.82, 2.24) is 5.32 Å². The van der Waals surface area contributed by atoms with E-state index in [9.17, 15) is 9.90 Å². The maximum atomic E-state index is 11.1. The molecule has 6 heteroatoms. The molecule has 2 aromatic rings. The first kappa shape index (κ1) is 18.8. The first-order valence-electron chi connectivity index (χ1n) is 8.09.